The third-order valence-corrected chi connectivity index (χ3v) is 2.20. The van der Waals surface area contributed by atoms with E-state index < -0.39 is 16.1 Å². The average Bonchev–Trinajstić information content (AvgIpc) is 2.11. The Balaban J connectivity index is 3.89. The Labute approximate surface area is 77.4 Å². The Morgan fingerprint density at radius 1 is 1.54 bits per heavy atom. The number of hydrogen-bond acceptors (Lipinski definition) is 5. The molecule has 0 bridgehead atoms. The predicted molar refractivity (Wildman–Crippen MR) is 46.1 cm³/mol. The Morgan fingerprint density at radius 2 is 2.15 bits per heavy atom. The van der Waals surface area contributed by atoms with Gasteiger partial charge in [0.2, 0.25) is 0 Å². The van der Waals surface area contributed by atoms with E-state index in [1.807, 2.05) is 6.92 Å². The fourth-order valence-corrected chi connectivity index (χ4v) is 1.36. The minimum atomic E-state index is -3.74. The van der Waals surface area contributed by atoms with Crippen LogP contribution in [-0.2, 0) is 24.1 Å². The van der Waals surface area contributed by atoms with Gasteiger partial charge in [-0.2, -0.15) is 8.42 Å². The molecule has 0 aliphatic rings. The molecular formula is C7H12O5S. The molecule has 0 atom stereocenters. The number of carbonyl (C=O) groups is 1. The van der Waals surface area contributed by atoms with Gasteiger partial charge in [0.05, 0.1) is 5.75 Å². The standard InChI is InChI=1S/C7H12O5S/c1-3-5-6-13(9,10)12-11-7(8)4-2/h4H,2-3,5-6H2,1H3. The third kappa shape index (κ3) is 6.30. The van der Waals surface area contributed by atoms with Gasteiger partial charge in [0.1, 0.15) is 0 Å². The molecule has 0 aromatic rings. The predicted octanol–water partition coefficient (Wildman–Crippen LogP) is 0.777. The second kappa shape index (κ2) is 5.71. The van der Waals surface area contributed by atoms with E-state index in [0.29, 0.717) is 6.42 Å². The van der Waals surface area contributed by atoms with Crippen LogP contribution in [0.15, 0.2) is 12.7 Å². The van der Waals surface area contributed by atoms with Gasteiger partial charge in [-0.25, -0.2) is 4.79 Å². The first-order chi connectivity index (χ1) is 6.02. The number of unbranched alkanes of at least 4 members (excludes halogenated alkanes) is 1. The monoisotopic (exact) mass is 208 g/mol. The highest BCUT2D eigenvalue weighted by molar-refractivity contribution is 7.86. The molecule has 0 spiro atoms. The largest absolute Gasteiger partial charge is 0.366 e. The molecule has 0 heterocycles. The first-order valence-electron chi connectivity index (χ1n) is 3.77. The van der Waals surface area contributed by atoms with E-state index in [1.54, 1.807) is 0 Å². The molecule has 0 N–H and O–H groups in total. The molecular weight excluding hydrogens is 196 g/mol. The maximum Gasteiger partial charge on any atom is 0.366 e. The van der Waals surface area contributed by atoms with E-state index in [1.165, 1.54) is 0 Å². The van der Waals surface area contributed by atoms with Crippen LogP contribution in [0.25, 0.3) is 0 Å². The highest BCUT2D eigenvalue weighted by atomic mass is 32.2. The summed E-state index contributed by atoms with van der Waals surface area (Å²) in [5, 5.41) is 0. The maximum absolute atomic E-state index is 10.9. The van der Waals surface area contributed by atoms with Crippen molar-refractivity contribution in [1.82, 2.24) is 0 Å². The number of hydrogen-bond donors (Lipinski definition) is 0. The summed E-state index contributed by atoms with van der Waals surface area (Å²) in [7, 11) is -3.74. The molecule has 76 valence electrons. The second-order valence-corrected chi connectivity index (χ2v) is 3.95. The van der Waals surface area contributed by atoms with E-state index in [2.05, 4.69) is 15.8 Å². The van der Waals surface area contributed by atoms with Crippen LogP contribution in [0.2, 0.25) is 0 Å². The molecule has 5 nitrogen and oxygen atoms in total. The molecule has 0 fully saturated rings. The lowest BCUT2D eigenvalue weighted by Crippen LogP contribution is -2.13. The van der Waals surface area contributed by atoms with Crippen LogP contribution in [0.4, 0.5) is 0 Å². The Kier molecular flexibility index (Phi) is 5.33. The summed E-state index contributed by atoms with van der Waals surface area (Å²) < 4.78 is 25.7. The zero-order valence-corrected chi connectivity index (χ0v) is 8.17. The molecule has 0 saturated heterocycles. The van der Waals surface area contributed by atoms with Crippen molar-refractivity contribution in [3.05, 3.63) is 12.7 Å². The van der Waals surface area contributed by atoms with E-state index in [4.69, 9.17) is 0 Å². The topological polar surface area (TPSA) is 69.7 Å². The smallest absolute Gasteiger partial charge is 0.277 e. The normalized spacial score (nSPS) is 10.8. The summed E-state index contributed by atoms with van der Waals surface area (Å²) >= 11 is 0. The molecule has 0 amide bonds. The molecule has 0 unspecified atom stereocenters. The van der Waals surface area contributed by atoms with Crippen molar-refractivity contribution in [3.63, 3.8) is 0 Å². The third-order valence-electron chi connectivity index (χ3n) is 1.13. The van der Waals surface area contributed by atoms with Gasteiger partial charge in [0, 0.05) is 6.08 Å². The lowest BCUT2D eigenvalue weighted by molar-refractivity contribution is -0.204. The van der Waals surface area contributed by atoms with Gasteiger partial charge in [0.25, 0.3) is 0 Å². The van der Waals surface area contributed by atoms with Crippen LogP contribution < -0.4 is 0 Å². The fourth-order valence-electron chi connectivity index (χ4n) is 0.475. The van der Waals surface area contributed by atoms with E-state index in [0.717, 1.165) is 12.5 Å². The quantitative estimate of drug-likeness (QED) is 0.366. The van der Waals surface area contributed by atoms with Crippen molar-refractivity contribution < 1.29 is 22.4 Å². The van der Waals surface area contributed by atoms with E-state index >= 15 is 0 Å². The van der Waals surface area contributed by atoms with Crippen molar-refractivity contribution in [3.8, 4) is 0 Å². The molecule has 0 rings (SSSR count). The summed E-state index contributed by atoms with van der Waals surface area (Å²) in [6.07, 6.45) is 2.00. The second-order valence-electron chi connectivity index (χ2n) is 2.29. The summed E-state index contributed by atoms with van der Waals surface area (Å²) in [6.45, 7) is 4.91. The van der Waals surface area contributed by atoms with Gasteiger partial charge < -0.3 is 0 Å². The molecule has 13 heavy (non-hydrogen) atoms. The van der Waals surface area contributed by atoms with Crippen LogP contribution in [0.5, 0.6) is 0 Å². The SMILES string of the molecule is C=CC(=O)OOS(=O)(=O)CCCC. The first kappa shape index (κ1) is 12.1. The van der Waals surface area contributed by atoms with Crippen LogP contribution >= 0.6 is 0 Å². The first-order valence-corrected chi connectivity index (χ1v) is 5.34. The zero-order valence-electron chi connectivity index (χ0n) is 7.36. The molecule has 0 aromatic heterocycles. The molecule has 0 saturated carbocycles. The maximum atomic E-state index is 10.9. The van der Waals surface area contributed by atoms with Crippen LogP contribution in [0.1, 0.15) is 19.8 Å². The Morgan fingerprint density at radius 3 is 2.62 bits per heavy atom. The van der Waals surface area contributed by atoms with Gasteiger partial charge >= 0.3 is 16.1 Å². The van der Waals surface area contributed by atoms with Crippen molar-refractivity contribution in [2.45, 2.75) is 19.8 Å². The minimum absolute atomic E-state index is 0.159. The van der Waals surface area contributed by atoms with Gasteiger partial charge in [-0.05, 0) is 6.42 Å². The van der Waals surface area contributed by atoms with Gasteiger partial charge in [-0.3, -0.25) is 4.89 Å². The van der Waals surface area contributed by atoms with Crippen LogP contribution in [-0.4, -0.2) is 20.1 Å². The lowest BCUT2D eigenvalue weighted by Gasteiger charge is -2.00. The van der Waals surface area contributed by atoms with E-state index in [-0.39, 0.29) is 5.75 Å². The van der Waals surface area contributed by atoms with Crippen molar-refractivity contribution in [2.24, 2.45) is 0 Å². The van der Waals surface area contributed by atoms with Crippen molar-refractivity contribution >= 4 is 16.1 Å². The van der Waals surface area contributed by atoms with Gasteiger partial charge in [-0.15, -0.1) is 0 Å². The minimum Gasteiger partial charge on any atom is -0.277 e. The Bertz CT molecular complexity index is 267. The highest BCUT2D eigenvalue weighted by Gasteiger charge is 2.13. The van der Waals surface area contributed by atoms with Crippen LogP contribution in [0, 0.1) is 0 Å². The van der Waals surface area contributed by atoms with E-state index in [9.17, 15) is 13.2 Å². The van der Waals surface area contributed by atoms with Crippen molar-refractivity contribution in [1.29, 1.82) is 0 Å². The highest BCUT2D eigenvalue weighted by Crippen LogP contribution is 1.99. The summed E-state index contributed by atoms with van der Waals surface area (Å²) in [6, 6.07) is 0. The molecule has 0 aromatic carbocycles. The summed E-state index contributed by atoms with van der Waals surface area (Å²) in [5.41, 5.74) is 0. The molecule has 0 radical (unpaired) electrons. The summed E-state index contributed by atoms with van der Waals surface area (Å²) in [5.74, 6) is -1.09. The fraction of sp³-hybridized carbons (Fsp3) is 0.571. The summed E-state index contributed by atoms with van der Waals surface area (Å²) in [4.78, 5) is 14.3. The van der Waals surface area contributed by atoms with Crippen LogP contribution in [0.3, 0.4) is 0 Å². The zero-order chi connectivity index (χ0) is 10.3. The van der Waals surface area contributed by atoms with Gasteiger partial charge in [-0.1, -0.05) is 24.3 Å². The van der Waals surface area contributed by atoms with Crippen molar-refractivity contribution in [2.75, 3.05) is 5.75 Å². The molecule has 6 heteroatoms. The average molecular weight is 208 g/mol. The molecule has 0 aliphatic heterocycles. The van der Waals surface area contributed by atoms with Gasteiger partial charge in [0.15, 0.2) is 0 Å². The number of rotatable bonds is 6. The number of carbonyl (C=O) groups excluding carboxylic acids is 1. The molecule has 0 aliphatic carbocycles. The lowest BCUT2D eigenvalue weighted by atomic mass is 10.4. The Hall–Kier alpha value is -0.880.